The molecule has 2 aromatic heterocycles. The third-order valence-electron chi connectivity index (χ3n) is 4.32. The number of hydrogen-bond donors (Lipinski definition) is 1. The van der Waals surface area contributed by atoms with E-state index in [2.05, 4.69) is 21.5 Å². The maximum Gasteiger partial charge on any atom is 0.350 e. The second-order valence-electron chi connectivity index (χ2n) is 6.61. The molecular formula is C19H23N5O2S. The van der Waals surface area contributed by atoms with Crippen LogP contribution < -0.4 is 11.0 Å². The maximum absolute atomic E-state index is 12.6. The molecule has 7 nitrogen and oxygen atoms in total. The van der Waals surface area contributed by atoms with Crippen molar-refractivity contribution in [3.8, 4) is 0 Å². The SMILES string of the molecule is CC[C@H](C)NC(=O)Cn1nc2c(Sc3ccc(C)cc3C)nccn2c1=O. The summed E-state index contributed by atoms with van der Waals surface area (Å²) >= 11 is 1.46. The van der Waals surface area contributed by atoms with Crippen LogP contribution >= 0.6 is 11.8 Å². The molecule has 1 amide bonds. The number of hydrogen-bond acceptors (Lipinski definition) is 5. The van der Waals surface area contributed by atoms with Crippen LogP contribution in [0.2, 0.25) is 0 Å². The number of fused-ring (bicyclic) bond motifs is 1. The third kappa shape index (κ3) is 4.21. The van der Waals surface area contributed by atoms with Gasteiger partial charge < -0.3 is 5.32 Å². The predicted octanol–water partition coefficient (Wildman–Crippen LogP) is 2.57. The van der Waals surface area contributed by atoms with E-state index in [4.69, 9.17) is 0 Å². The van der Waals surface area contributed by atoms with Crippen LogP contribution in [-0.4, -0.2) is 31.1 Å². The molecule has 0 aliphatic carbocycles. The number of carbonyl (C=O) groups is 1. The lowest BCUT2D eigenvalue weighted by atomic mass is 10.2. The molecule has 142 valence electrons. The Hall–Kier alpha value is -2.61. The molecule has 0 radical (unpaired) electrons. The Morgan fingerprint density at radius 1 is 1.33 bits per heavy atom. The van der Waals surface area contributed by atoms with Crippen LogP contribution in [0.4, 0.5) is 0 Å². The number of nitrogens with one attached hydrogen (secondary N) is 1. The van der Waals surface area contributed by atoms with Crippen LogP contribution in [0.5, 0.6) is 0 Å². The molecule has 3 rings (SSSR count). The summed E-state index contributed by atoms with van der Waals surface area (Å²) < 4.78 is 2.61. The Labute approximate surface area is 161 Å². The van der Waals surface area contributed by atoms with Gasteiger partial charge >= 0.3 is 5.69 Å². The lowest BCUT2D eigenvalue weighted by Gasteiger charge is -2.10. The van der Waals surface area contributed by atoms with Crippen LogP contribution in [0.15, 0.2) is 45.3 Å². The van der Waals surface area contributed by atoms with E-state index in [0.717, 1.165) is 16.9 Å². The molecule has 0 bridgehead atoms. The minimum atomic E-state index is -0.353. The Bertz CT molecular complexity index is 1040. The summed E-state index contributed by atoms with van der Waals surface area (Å²) in [6.07, 6.45) is 3.97. The summed E-state index contributed by atoms with van der Waals surface area (Å²) in [4.78, 5) is 30.1. The van der Waals surface area contributed by atoms with Crippen LogP contribution in [0.3, 0.4) is 0 Å². The molecular weight excluding hydrogens is 362 g/mol. The van der Waals surface area contributed by atoms with Gasteiger partial charge in [-0.15, -0.1) is 5.10 Å². The van der Waals surface area contributed by atoms with Gasteiger partial charge in [0.2, 0.25) is 5.91 Å². The Morgan fingerprint density at radius 3 is 2.81 bits per heavy atom. The number of aryl methyl sites for hydroxylation is 2. The zero-order chi connectivity index (χ0) is 19.6. The maximum atomic E-state index is 12.6. The van der Waals surface area contributed by atoms with Crippen molar-refractivity contribution in [2.24, 2.45) is 0 Å². The standard InChI is InChI=1S/C19H23N5O2S/c1-5-14(4)21-16(25)11-24-19(26)23-9-8-20-18(17(23)22-24)27-15-7-6-12(2)10-13(15)3/h6-10,14H,5,11H2,1-4H3,(H,21,25)/t14-/m0/s1. The molecule has 8 heteroatoms. The lowest BCUT2D eigenvalue weighted by Crippen LogP contribution is -2.37. The highest BCUT2D eigenvalue weighted by Gasteiger charge is 2.16. The third-order valence-corrected chi connectivity index (χ3v) is 5.48. The molecule has 0 fully saturated rings. The second kappa shape index (κ2) is 7.96. The average molecular weight is 385 g/mol. The van der Waals surface area contributed by atoms with Gasteiger partial charge in [0.25, 0.3) is 0 Å². The number of aromatic nitrogens is 4. The molecule has 3 aromatic rings. The quantitative estimate of drug-likeness (QED) is 0.705. The summed E-state index contributed by atoms with van der Waals surface area (Å²) in [5, 5.41) is 7.83. The second-order valence-corrected chi connectivity index (χ2v) is 7.64. The topological polar surface area (TPSA) is 81.3 Å². The van der Waals surface area contributed by atoms with E-state index < -0.39 is 0 Å². The first kappa shape index (κ1) is 19.2. The molecule has 1 aromatic carbocycles. The molecule has 0 saturated carbocycles. The van der Waals surface area contributed by atoms with E-state index >= 15 is 0 Å². The normalized spacial score (nSPS) is 12.3. The largest absolute Gasteiger partial charge is 0.352 e. The minimum absolute atomic E-state index is 0.0579. The van der Waals surface area contributed by atoms with Crippen molar-refractivity contribution in [2.45, 2.75) is 56.6 Å². The predicted molar refractivity (Wildman–Crippen MR) is 105 cm³/mol. The van der Waals surface area contributed by atoms with E-state index in [1.807, 2.05) is 39.8 Å². The van der Waals surface area contributed by atoms with Gasteiger partial charge in [0.15, 0.2) is 5.65 Å². The van der Waals surface area contributed by atoms with E-state index in [0.29, 0.717) is 10.7 Å². The summed E-state index contributed by atoms with van der Waals surface area (Å²) in [5.41, 5.74) is 2.42. The van der Waals surface area contributed by atoms with Gasteiger partial charge in [-0.3, -0.25) is 4.79 Å². The molecule has 1 N–H and O–H groups in total. The van der Waals surface area contributed by atoms with Crippen molar-refractivity contribution in [3.63, 3.8) is 0 Å². The highest BCUT2D eigenvalue weighted by molar-refractivity contribution is 7.99. The van der Waals surface area contributed by atoms with Crippen molar-refractivity contribution < 1.29 is 4.79 Å². The first-order chi connectivity index (χ1) is 12.9. The summed E-state index contributed by atoms with van der Waals surface area (Å²) in [6, 6.07) is 6.24. The molecule has 1 atom stereocenters. The van der Waals surface area contributed by atoms with Crippen LogP contribution in [0.25, 0.3) is 5.65 Å². The van der Waals surface area contributed by atoms with E-state index in [-0.39, 0.29) is 24.2 Å². The zero-order valence-corrected chi connectivity index (χ0v) is 16.7. The number of nitrogens with zero attached hydrogens (tertiary/aromatic N) is 4. The molecule has 0 aliphatic rings. The highest BCUT2D eigenvalue weighted by atomic mass is 32.2. The van der Waals surface area contributed by atoms with Crippen molar-refractivity contribution in [1.29, 1.82) is 0 Å². The smallest absolute Gasteiger partial charge is 0.350 e. The number of carbonyl (C=O) groups excluding carboxylic acids is 1. The van der Waals surface area contributed by atoms with Crippen LogP contribution in [-0.2, 0) is 11.3 Å². The Kier molecular flexibility index (Phi) is 5.65. The van der Waals surface area contributed by atoms with Gasteiger partial charge in [-0.05, 0) is 38.8 Å². The lowest BCUT2D eigenvalue weighted by molar-refractivity contribution is -0.122. The van der Waals surface area contributed by atoms with Gasteiger partial charge in [-0.25, -0.2) is 18.9 Å². The first-order valence-corrected chi connectivity index (χ1v) is 9.69. The molecule has 2 heterocycles. The number of rotatable bonds is 6. The fraction of sp³-hybridized carbons (Fsp3) is 0.368. The zero-order valence-electron chi connectivity index (χ0n) is 15.9. The molecule has 0 unspecified atom stereocenters. The van der Waals surface area contributed by atoms with Gasteiger partial charge in [0, 0.05) is 23.3 Å². The number of benzene rings is 1. The average Bonchev–Trinajstić information content (AvgIpc) is 2.94. The van der Waals surface area contributed by atoms with Crippen molar-refractivity contribution in [3.05, 3.63) is 52.2 Å². The fourth-order valence-corrected chi connectivity index (χ4v) is 3.59. The van der Waals surface area contributed by atoms with Gasteiger partial charge in [0.1, 0.15) is 11.6 Å². The summed E-state index contributed by atoms with van der Waals surface area (Å²) in [5.74, 6) is -0.230. The summed E-state index contributed by atoms with van der Waals surface area (Å²) in [6.45, 7) is 7.89. The van der Waals surface area contributed by atoms with Crippen molar-refractivity contribution in [1.82, 2.24) is 24.5 Å². The molecule has 0 saturated heterocycles. The van der Waals surface area contributed by atoms with E-state index in [1.54, 1.807) is 12.4 Å². The van der Waals surface area contributed by atoms with E-state index in [9.17, 15) is 9.59 Å². The monoisotopic (exact) mass is 385 g/mol. The number of amides is 1. The Balaban J connectivity index is 1.92. The fourth-order valence-electron chi connectivity index (χ4n) is 2.68. The van der Waals surface area contributed by atoms with Crippen molar-refractivity contribution >= 4 is 23.3 Å². The minimum Gasteiger partial charge on any atom is -0.352 e. The summed E-state index contributed by atoms with van der Waals surface area (Å²) in [7, 11) is 0. The van der Waals surface area contributed by atoms with Gasteiger partial charge in [0.05, 0.1) is 0 Å². The van der Waals surface area contributed by atoms with E-state index in [1.165, 1.54) is 26.4 Å². The first-order valence-electron chi connectivity index (χ1n) is 8.87. The highest BCUT2D eigenvalue weighted by Crippen LogP contribution is 2.30. The van der Waals surface area contributed by atoms with Gasteiger partial charge in [-0.2, -0.15) is 0 Å². The molecule has 0 spiro atoms. The van der Waals surface area contributed by atoms with Crippen LogP contribution in [0, 0.1) is 13.8 Å². The Morgan fingerprint density at radius 2 is 2.11 bits per heavy atom. The van der Waals surface area contributed by atoms with Gasteiger partial charge in [-0.1, -0.05) is 36.4 Å². The molecule has 0 aliphatic heterocycles. The van der Waals surface area contributed by atoms with Crippen molar-refractivity contribution in [2.75, 3.05) is 0 Å². The van der Waals surface area contributed by atoms with Crippen LogP contribution in [0.1, 0.15) is 31.4 Å². The molecule has 27 heavy (non-hydrogen) atoms.